The number of unbranched alkanes of at least 4 members (excludes halogenated alkanes) is 2. The van der Waals surface area contributed by atoms with E-state index in [1.165, 1.54) is 38.5 Å². The highest BCUT2D eigenvalue weighted by molar-refractivity contribution is 4.87. The molecule has 0 spiro atoms. The van der Waals surface area contributed by atoms with Crippen LogP contribution in [0.25, 0.3) is 0 Å². The lowest BCUT2D eigenvalue weighted by atomic mass is 10.0. The van der Waals surface area contributed by atoms with Crippen LogP contribution < -0.4 is 6.15 Å². The third-order valence-corrected chi connectivity index (χ3v) is 2.49. The Balaban J connectivity index is 0.000000810. The molecule has 0 bridgehead atoms. The highest BCUT2D eigenvalue weighted by atomic mass is 14.4. The molecule has 3 N–H and O–H groups in total. The molecule has 10 heavy (non-hydrogen) atoms. The van der Waals surface area contributed by atoms with Crippen LogP contribution in [0.1, 0.15) is 52.4 Å². The summed E-state index contributed by atoms with van der Waals surface area (Å²) in [5, 5.41) is 0. The maximum absolute atomic E-state index is 2.42. The van der Waals surface area contributed by atoms with Crippen molar-refractivity contribution in [3.8, 4) is 0 Å². The quantitative estimate of drug-likeness (QED) is 0.600. The molecule has 0 atom stereocenters. The minimum atomic E-state index is 0. The average molecular weight is 143 g/mol. The summed E-state index contributed by atoms with van der Waals surface area (Å²) in [6.45, 7) is 4.69. The van der Waals surface area contributed by atoms with E-state index in [0.29, 0.717) is 0 Å². The zero-order valence-corrected chi connectivity index (χ0v) is 7.45. The van der Waals surface area contributed by atoms with E-state index < -0.39 is 0 Å². The van der Waals surface area contributed by atoms with Gasteiger partial charge in [-0.3, -0.25) is 0 Å². The van der Waals surface area contributed by atoms with Crippen molar-refractivity contribution in [1.29, 1.82) is 0 Å². The highest BCUT2D eigenvalue weighted by Crippen LogP contribution is 2.49. The Morgan fingerprint density at radius 2 is 1.80 bits per heavy atom. The second-order valence-corrected chi connectivity index (χ2v) is 3.77. The lowest BCUT2D eigenvalue weighted by Crippen LogP contribution is -1.91. The second kappa shape index (κ2) is 3.97. The van der Waals surface area contributed by atoms with Gasteiger partial charge in [-0.1, -0.05) is 33.1 Å². The van der Waals surface area contributed by atoms with E-state index in [2.05, 4.69) is 13.8 Å². The van der Waals surface area contributed by atoms with E-state index in [9.17, 15) is 0 Å². The molecule has 62 valence electrons. The minimum absolute atomic E-state index is 0. The molecule has 1 aliphatic carbocycles. The van der Waals surface area contributed by atoms with Crippen molar-refractivity contribution >= 4 is 0 Å². The molecule has 1 fully saturated rings. The Hall–Kier alpha value is -0.0400. The molecule has 0 saturated heterocycles. The summed E-state index contributed by atoms with van der Waals surface area (Å²) in [6.07, 6.45) is 8.76. The van der Waals surface area contributed by atoms with Gasteiger partial charge in [-0.2, -0.15) is 0 Å². The van der Waals surface area contributed by atoms with E-state index in [-0.39, 0.29) is 6.15 Å². The molecule has 0 aliphatic heterocycles. The molecular formula is C9H21N. The van der Waals surface area contributed by atoms with Gasteiger partial charge in [0.25, 0.3) is 0 Å². The van der Waals surface area contributed by atoms with Gasteiger partial charge < -0.3 is 6.15 Å². The van der Waals surface area contributed by atoms with Gasteiger partial charge in [-0.25, -0.2) is 0 Å². The zero-order chi connectivity index (χ0) is 6.74. The van der Waals surface area contributed by atoms with Crippen LogP contribution in [0.4, 0.5) is 0 Å². The Morgan fingerprint density at radius 3 is 2.20 bits per heavy atom. The first-order valence-electron chi connectivity index (χ1n) is 4.27. The fraction of sp³-hybridized carbons (Fsp3) is 1.00. The molecule has 0 aromatic carbocycles. The fourth-order valence-electron chi connectivity index (χ4n) is 1.27. The summed E-state index contributed by atoms with van der Waals surface area (Å²) >= 11 is 0. The normalized spacial score (nSPS) is 19.8. The van der Waals surface area contributed by atoms with Crippen LogP contribution in [0.5, 0.6) is 0 Å². The van der Waals surface area contributed by atoms with Crippen molar-refractivity contribution < 1.29 is 0 Å². The molecular weight excluding hydrogens is 122 g/mol. The van der Waals surface area contributed by atoms with Crippen LogP contribution in [-0.2, 0) is 0 Å². The standard InChI is InChI=1S/C9H18.H3N/c1-3-4-5-6-9(2)7-8-9;/h3-8H2,1-2H3;1H3. The second-order valence-electron chi connectivity index (χ2n) is 3.77. The largest absolute Gasteiger partial charge is 0.344 e. The lowest BCUT2D eigenvalue weighted by molar-refractivity contribution is 0.480. The van der Waals surface area contributed by atoms with Crippen molar-refractivity contribution in [3.05, 3.63) is 0 Å². The van der Waals surface area contributed by atoms with E-state index in [4.69, 9.17) is 0 Å². The molecule has 1 aliphatic rings. The predicted octanol–water partition coefficient (Wildman–Crippen LogP) is 3.53. The Kier molecular flexibility index (Phi) is 3.95. The molecule has 0 amide bonds. The number of hydrogen-bond acceptors (Lipinski definition) is 1. The van der Waals surface area contributed by atoms with Crippen molar-refractivity contribution in [3.63, 3.8) is 0 Å². The lowest BCUT2D eigenvalue weighted by Gasteiger charge is -2.04. The third-order valence-electron chi connectivity index (χ3n) is 2.49. The maximum Gasteiger partial charge on any atom is -0.0325 e. The van der Waals surface area contributed by atoms with Crippen LogP contribution in [0, 0.1) is 5.41 Å². The van der Waals surface area contributed by atoms with Crippen molar-refractivity contribution in [2.75, 3.05) is 0 Å². The monoisotopic (exact) mass is 143 g/mol. The Bertz CT molecular complexity index is 84.7. The molecule has 1 rings (SSSR count). The van der Waals surface area contributed by atoms with Gasteiger partial charge in [0.15, 0.2) is 0 Å². The van der Waals surface area contributed by atoms with E-state index in [1.807, 2.05) is 0 Å². The van der Waals surface area contributed by atoms with Gasteiger partial charge in [-0.15, -0.1) is 0 Å². The molecule has 0 aromatic rings. The molecule has 1 heteroatoms. The summed E-state index contributed by atoms with van der Waals surface area (Å²) in [5.41, 5.74) is 0.801. The third kappa shape index (κ3) is 3.21. The molecule has 0 heterocycles. The van der Waals surface area contributed by atoms with Crippen LogP contribution >= 0.6 is 0 Å². The van der Waals surface area contributed by atoms with Gasteiger partial charge in [0.05, 0.1) is 0 Å². The molecule has 1 saturated carbocycles. The minimum Gasteiger partial charge on any atom is -0.344 e. The first-order chi connectivity index (χ1) is 4.27. The summed E-state index contributed by atoms with van der Waals surface area (Å²) in [5.74, 6) is 0. The van der Waals surface area contributed by atoms with Gasteiger partial charge in [-0.05, 0) is 24.7 Å². The Morgan fingerprint density at radius 1 is 1.20 bits per heavy atom. The smallest absolute Gasteiger partial charge is 0.0325 e. The first-order valence-corrected chi connectivity index (χ1v) is 4.27. The van der Waals surface area contributed by atoms with E-state index >= 15 is 0 Å². The van der Waals surface area contributed by atoms with E-state index in [1.54, 1.807) is 0 Å². The topological polar surface area (TPSA) is 35.0 Å². The SMILES string of the molecule is CCCCCC1(C)CC1.N. The Labute approximate surface area is 64.8 Å². The summed E-state index contributed by atoms with van der Waals surface area (Å²) in [6, 6.07) is 0. The number of hydrogen-bond donors (Lipinski definition) is 1. The van der Waals surface area contributed by atoms with Crippen LogP contribution in [0.2, 0.25) is 0 Å². The van der Waals surface area contributed by atoms with Gasteiger partial charge in [0, 0.05) is 0 Å². The van der Waals surface area contributed by atoms with Crippen LogP contribution in [0.15, 0.2) is 0 Å². The zero-order valence-electron chi connectivity index (χ0n) is 7.45. The maximum atomic E-state index is 2.42. The van der Waals surface area contributed by atoms with Crippen LogP contribution in [-0.4, -0.2) is 0 Å². The van der Waals surface area contributed by atoms with Crippen molar-refractivity contribution in [2.24, 2.45) is 5.41 Å². The molecule has 0 aromatic heterocycles. The molecule has 0 radical (unpaired) electrons. The highest BCUT2D eigenvalue weighted by Gasteiger charge is 2.35. The van der Waals surface area contributed by atoms with E-state index in [0.717, 1.165) is 5.41 Å². The van der Waals surface area contributed by atoms with Gasteiger partial charge >= 0.3 is 0 Å². The average Bonchev–Trinajstić information content (AvgIpc) is 2.50. The molecule has 0 unspecified atom stereocenters. The van der Waals surface area contributed by atoms with Crippen LogP contribution in [0.3, 0.4) is 0 Å². The van der Waals surface area contributed by atoms with Gasteiger partial charge in [0.1, 0.15) is 0 Å². The van der Waals surface area contributed by atoms with Crippen molar-refractivity contribution in [1.82, 2.24) is 6.15 Å². The predicted molar refractivity (Wildman–Crippen MR) is 46.5 cm³/mol. The fourth-order valence-corrected chi connectivity index (χ4v) is 1.27. The summed E-state index contributed by atoms with van der Waals surface area (Å²) < 4.78 is 0. The number of rotatable bonds is 4. The van der Waals surface area contributed by atoms with Gasteiger partial charge in [0.2, 0.25) is 0 Å². The summed E-state index contributed by atoms with van der Waals surface area (Å²) in [4.78, 5) is 0. The first kappa shape index (κ1) is 9.96. The van der Waals surface area contributed by atoms with Crippen molar-refractivity contribution in [2.45, 2.75) is 52.4 Å². The summed E-state index contributed by atoms with van der Waals surface area (Å²) in [7, 11) is 0. The molecule has 1 nitrogen and oxygen atoms in total.